The quantitative estimate of drug-likeness (QED) is 0.551. The highest BCUT2D eigenvalue weighted by Crippen LogP contribution is 2.29. The third-order valence-corrected chi connectivity index (χ3v) is 4.75. The normalized spacial score (nSPS) is 11.2. The minimum Gasteiger partial charge on any atom is -0.226 e. The summed E-state index contributed by atoms with van der Waals surface area (Å²) in [5.41, 5.74) is 4.88. The Morgan fingerprint density at radius 2 is 1.67 bits per heavy atom. The molecule has 0 amide bonds. The Hall–Kier alpha value is -1.06. The van der Waals surface area contributed by atoms with Crippen molar-refractivity contribution in [2.45, 2.75) is 51.3 Å². The zero-order valence-corrected chi connectivity index (χ0v) is 14.8. The van der Waals surface area contributed by atoms with E-state index >= 15 is 0 Å². The summed E-state index contributed by atoms with van der Waals surface area (Å²) in [6.07, 6.45) is 0. The van der Waals surface area contributed by atoms with Crippen LogP contribution < -0.4 is 0 Å². The lowest BCUT2D eigenvalue weighted by molar-refractivity contribution is 0.747. The minimum atomic E-state index is 0.281. The molecule has 112 valence electrons. The van der Waals surface area contributed by atoms with Crippen LogP contribution in [0.25, 0.3) is 0 Å². The van der Waals surface area contributed by atoms with Gasteiger partial charge < -0.3 is 0 Å². The number of hydrogen-bond donors (Lipinski definition) is 0. The molecule has 1 heterocycles. The van der Waals surface area contributed by atoms with E-state index in [4.69, 9.17) is 11.6 Å². The zero-order chi connectivity index (χ0) is 15.6. The van der Waals surface area contributed by atoms with Crippen LogP contribution in [0.5, 0.6) is 0 Å². The highest BCUT2D eigenvalue weighted by atomic mass is 35.5. The van der Waals surface area contributed by atoms with Crippen LogP contribution in [0.1, 0.15) is 47.8 Å². The molecule has 2 nitrogen and oxygen atoms in total. The molecule has 0 bridgehead atoms. The Balaban J connectivity index is 2.23. The van der Waals surface area contributed by atoms with Crippen LogP contribution in [-0.4, -0.2) is 9.97 Å². The van der Waals surface area contributed by atoms with Crippen molar-refractivity contribution in [1.29, 1.82) is 0 Å². The summed E-state index contributed by atoms with van der Waals surface area (Å²) in [7, 11) is 0. The molecule has 0 fully saturated rings. The van der Waals surface area contributed by atoms with E-state index in [1.54, 1.807) is 11.8 Å². The summed E-state index contributed by atoms with van der Waals surface area (Å²) >= 11 is 7.96. The Labute approximate surface area is 136 Å². The van der Waals surface area contributed by atoms with Crippen molar-refractivity contribution in [3.05, 3.63) is 51.4 Å². The van der Waals surface area contributed by atoms with Crippen LogP contribution in [0, 0.1) is 20.8 Å². The maximum atomic E-state index is 6.23. The molecule has 0 atom stereocenters. The number of thioether (sulfide) groups is 1. The first-order chi connectivity index (χ1) is 9.86. The van der Waals surface area contributed by atoms with Gasteiger partial charge in [-0.05, 0) is 26.3 Å². The molecule has 1 aromatic heterocycles. The second-order valence-corrected chi connectivity index (χ2v) is 7.06. The zero-order valence-electron chi connectivity index (χ0n) is 13.2. The summed E-state index contributed by atoms with van der Waals surface area (Å²) in [5.74, 6) is 1.99. The van der Waals surface area contributed by atoms with Crippen LogP contribution in [0.2, 0.25) is 5.15 Å². The van der Waals surface area contributed by atoms with Gasteiger partial charge in [0.15, 0.2) is 0 Å². The molecule has 0 aliphatic heterocycles. The van der Waals surface area contributed by atoms with Crippen LogP contribution in [0.15, 0.2) is 23.2 Å². The fourth-order valence-electron chi connectivity index (χ4n) is 2.19. The van der Waals surface area contributed by atoms with Crippen molar-refractivity contribution in [2.24, 2.45) is 0 Å². The van der Waals surface area contributed by atoms with Gasteiger partial charge in [0, 0.05) is 17.2 Å². The van der Waals surface area contributed by atoms with Gasteiger partial charge in [-0.1, -0.05) is 54.8 Å². The predicted molar refractivity (Wildman–Crippen MR) is 91.3 cm³/mol. The van der Waals surface area contributed by atoms with Crippen molar-refractivity contribution in [3.63, 3.8) is 0 Å². The van der Waals surface area contributed by atoms with E-state index in [9.17, 15) is 0 Å². The molecule has 0 radical (unpaired) electrons. The molecule has 0 spiro atoms. The van der Waals surface area contributed by atoms with E-state index in [0.717, 1.165) is 22.2 Å². The molecule has 2 rings (SSSR count). The van der Waals surface area contributed by atoms with Crippen LogP contribution in [0.3, 0.4) is 0 Å². The smallest absolute Gasteiger partial charge is 0.136 e. The van der Waals surface area contributed by atoms with E-state index in [0.29, 0.717) is 5.15 Å². The van der Waals surface area contributed by atoms with Crippen LogP contribution in [-0.2, 0) is 5.75 Å². The van der Waals surface area contributed by atoms with Gasteiger partial charge in [-0.15, -0.1) is 11.8 Å². The van der Waals surface area contributed by atoms with Gasteiger partial charge in [0.05, 0.1) is 0 Å². The minimum absolute atomic E-state index is 0.281. The van der Waals surface area contributed by atoms with Gasteiger partial charge in [-0.3, -0.25) is 0 Å². The van der Waals surface area contributed by atoms with Gasteiger partial charge in [0.2, 0.25) is 0 Å². The second kappa shape index (κ2) is 6.80. The number of benzene rings is 1. The highest BCUT2D eigenvalue weighted by Gasteiger charge is 2.12. The van der Waals surface area contributed by atoms with E-state index in [-0.39, 0.29) is 5.92 Å². The maximum Gasteiger partial charge on any atom is 0.136 e. The Morgan fingerprint density at radius 3 is 2.24 bits per heavy atom. The topological polar surface area (TPSA) is 25.8 Å². The van der Waals surface area contributed by atoms with Crippen LogP contribution >= 0.6 is 23.4 Å². The summed E-state index contributed by atoms with van der Waals surface area (Å²) in [5, 5.41) is 1.55. The average Bonchev–Trinajstić information content (AvgIpc) is 2.39. The summed E-state index contributed by atoms with van der Waals surface area (Å²) in [6, 6.07) is 6.64. The molecule has 2 aromatic rings. The lowest BCUT2D eigenvalue weighted by Gasteiger charge is -2.11. The van der Waals surface area contributed by atoms with Crippen molar-refractivity contribution in [3.8, 4) is 0 Å². The Bertz CT molecular complexity index is 633. The fourth-order valence-corrected chi connectivity index (χ4v) is 3.36. The van der Waals surface area contributed by atoms with Crippen molar-refractivity contribution in [1.82, 2.24) is 9.97 Å². The standard InChI is InChI=1S/C17H21ClN2S/c1-10(2)16-19-15(18)13(5)17(20-16)21-9-14-7-11(3)6-12(4)8-14/h6-8,10H,9H2,1-5H3. The van der Waals surface area contributed by atoms with Gasteiger partial charge in [0.1, 0.15) is 16.0 Å². The first kappa shape index (κ1) is 16.3. The maximum absolute atomic E-state index is 6.23. The monoisotopic (exact) mass is 320 g/mol. The summed E-state index contributed by atoms with van der Waals surface area (Å²) in [6.45, 7) is 10.4. The molecule has 0 aliphatic rings. The largest absolute Gasteiger partial charge is 0.226 e. The number of aromatic nitrogens is 2. The van der Waals surface area contributed by atoms with Gasteiger partial charge in [-0.2, -0.15) is 0 Å². The molecule has 4 heteroatoms. The summed E-state index contributed by atoms with van der Waals surface area (Å²) in [4.78, 5) is 9.02. The fraction of sp³-hybridized carbons (Fsp3) is 0.412. The summed E-state index contributed by atoms with van der Waals surface area (Å²) < 4.78 is 0. The average molecular weight is 321 g/mol. The van der Waals surface area contributed by atoms with Gasteiger partial charge in [-0.25, -0.2) is 9.97 Å². The first-order valence-electron chi connectivity index (χ1n) is 7.11. The lowest BCUT2D eigenvalue weighted by atomic mass is 10.1. The number of aryl methyl sites for hydroxylation is 2. The predicted octanol–water partition coefficient (Wildman–Crippen LogP) is 5.47. The van der Waals surface area contributed by atoms with Gasteiger partial charge in [0.25, 0.3) is 0 Å². The third-order valence-electron chi connectivity index (χ3n) is 3.23. The number of rotatable bonds is 4. The van der Waals surface area contributed by atoms with E-state index < -0.39 is 0 Å². The Morgan fingerprint density at radius 1 is 1.05 bits per heavy atom. The van der Waals surface area contributed by atoms with E-state index in [1.807, 2.05) is 6.92 Å². The molecule has 1 aromatic carbocycles. The molecular formula is C17H21ClN2S. The van der Waals surface area contributed by atoms with Crippen molar-refractivity contribution in [2.75, 3.05) is 0 Å². The molecule has 0 saturated heterocycles. The molecule has 0 aliphatic carbocycles. The van der Waals surface area contributed by atoms with E-state index in [2.05, 4.69) is 55.9 Å². The molecule has 0 N–H and O–H groups in total. The lowest BCUT2D eigenvalue weighted by Crippen LogP contribution is -2.02. The molecule has 0 unspecified atom stereocenters. The SMILES string of the molecule is Cc1cc(C)cc(CSc2nc(C(C)C)nc(Cl)c2C)c1. The van der Waals surface area contributed by atoms with Gasteiger partial charge >= 0.3 is 0 Å². The first-order valence-corrected chi connectivity index (χ1v) is 8.47. The number of halogens is 1. The second-order valence-electron chi connectivity index (χ2n) is 5.74. The molecule has 0 saturated carbocycles. The van der Waals surface area contributed by atoms with Crippen LogP contribution in [0.4, 0.5) is 0 Å². The Kier molecular flexibility index (Phi) is 5.28. The number of hydrogen-bond acceptors (Lipinski definition) is 3. The number of nitrogens with zero attached hydrogens (tertiary/aromatic N) is 2. The van der Waals surface area contributed by atoms with Crippen molar-refractivity contribution >= 4 is 23.4 Å². The van der Waals surface area contributed by atoms with E-state index in [1.165, 1.54) is 16.7 Å². The third kappa shape index (κ3) is 4.21. The highest BCUT2D eigenvalue weighted by molar-refractivity contribution is 7.98. The molecule has 21 heavy (non-hydrogen) atoms. The molecular weight excluding hydrogens is 300 g/mol. The van der Waals surface area contributed by atoms with Crippen molar-refractivity contribution < 1.29 is 0 Å².